The van der Waals surface area contributed by atoms with Crippen LogP contribution in [-0.2, 0) is 0 Å². The van der Waals surface area contributed by atoms with Crippen LogP contribution in [0.3, 0.4) is 0 Å². The van der Waals surface area contributed by atoms with E-state index in [0.29, 0.717) is 6.54 Å². The normalized spacial score (nSPS) is 22.9. The number of nitrogens with one attached hydrogen (secondary N) is 1. The van der Waals surface area contributed by atoms with Gasteiger partial charge >= 0.3 is 6.03 Å². The zero-order valence-corrected chi connectivity index (χ0v) is 8.12. The maximum Gasteiger partial charge on any atom is 0.317 e. The second kappa shape index (κ2) is 5.07. The third kappa shape index (κ3) is 2.59. The van der Waals surface area contributed by atoms with Gasteiger partial charge < -0.3 is 15.3 Å². The number of piperidine rings is 1. The topological polar surface area (TPSA) is 52.6 Å². The first kappa shape index (κ1) is 10.3. The summed E-state index contributed by atoms with van der Waals surface area (Å²) in [5.41, 5.74) is 0. The number of aliphatic hydroxyl groups is 1. The van der Waals surface area contributed by atoms with Crippen molar-refractivity contribution >= 4 is 6.03 Å². The predicted molar refractivity (Wildman–Crippen MR) is 50.5 cm³/mol. The summed E-state index contributed by atoms with van der Waals surface area (Å²) in [6.45, 7) is 3.40. The van der Waals surface area contributed by atoms with Crippen molar-refractivity contribution in [3.05, 3.63) is 0 Å². The van der Waals surface area contributed by atoms with Gasteiger partial charge in [0.15, 0.2) is 0 Å². The van der Waals surface area contributed by atoms with Gasteiger partial charge in [0.2, 0.25) is 0 Å². The number of hydrogen-bond acceptors (Lipinski definition) is 2. The number of carbonyl (C=O) groups is 1. The Morgan fingerprint density at radius 3 is 3.00 bits per heavy atom. The SMILES string of the molecule is CCNC(=O)N1CCCC[C@H]1CO. The van der Waals surface area contributed by atoms with E-state index in [-0.39, 0.29) is 18.7 Å². The summed E-state index contributed by atoms with van der Waals surface area (Å²) in [5.74, 6) is 0. The van der Waals surface area contributed by atoms with E-state index in [1.807, 2.05) is 6.92 Å². The fraction of sp³-hybridized carbons (Fsp3) is 0.889. The van der Waals surface area contributed by atoms with Crippen LogP contribution < -0.4 is 5.32 Å². The molecule has 0 unspecified atom stereocenters. The van der Waals surface area contributed by atoms with Gasteiger partial charge in [0, 0.05) is 13.1 Å². The number of amides is 2. The van der Waals surface area contributed by atoms with Gasteiger partial charge in [-0.05, 0) is 26.2 Å². The van der Waals surface area contributed by atoms with E-state index in [1.54, 1.807) is 4.90 Å². The summed E-state index contributed by atoms with van der Waals surface area (Å²) in [4.78, 5) is 13.2. The Labute approximate surface area is 78.9 Å². The quantitative estimate of drug-likeness (QED) is 0.662. The highest BCUT2D eigenvalue weighted by molar-refractivity contribution is 5.74. The Morgan fingerprint density at radius 1 is 1.62 bits per heavy atom. The van der Waals surface area contributed by atoms with Crippen molar-refractivity contribution < 1.29 is 9.90 Å². The molecular weight excluding hydrogens is 168 g/mol. The minimum Gasteiger partial charge on any atom is -0.394 e. The zero-order valence-electron chi connectivity index (χ0n) is 8.12. The Morgan fingerprint density at radius 2 is 2.38 bits per heavy atom. The third-order valence-electron chi connectivity index (χ3n) is 2.43. The van der Waals surface area contributed by atoms with Crippen LogP contribution >= 0.6 is 0 Å². The van der Waals surface area contributed by atoms with Crippen molar-refractivity contribution in [2.45, 2.75) is 32.2 Å². The first-order valence-electron chi connectivity index (χ1n) is 4.95. The smallest absolute Gasteiger partial charge is 0.317 e. The van der Waals surface area contributed by atoms with Gasteiger partial charge in [0.05, 0.1) is 12.6 Å². The van der Waals surface area contributed by atoms with Gasteiger partial charge in [-0.15, -0.1) is 0 Å². The van der Waals surface area contributed by atoms with E-state index in [4.69, 9.17) is 5.11 Å². The monoisotopic (exact) mass is 186 g/mol. The highest BCUT2D eigenvalue weighted by Crippen LogP contribution is 2.16. The molecule has 2 amide bonds. The molecule has 2 N–H and O–H groups in total. The molecule has 1 aliphatic heterocycles. The molecule has 0 saturated carbocycles. The molecule has 0 radical (unpaired) electrons. The molecule has 13 heavy (non-hydrogen) atoms. The highest BCUT2D eigenvalue weighted by atomic mass is 16.3. The van der Waals surface area contributed by atoms with Crippen LogP contribution in [0.5, 0.6) is 0 Å². The Hall–Kier alpha value is -0.770. The van der Waals surface area contributed by atoms with Gasteiger partial charge in [-0.25, -0.2) is 4.79 Å². The van der Waals surface area contributed by atoms with E-state index in [2.05, 4.69) is 5.32 Å². The molecule has 1 fully saturated rings. The van der Waals surface area contributed by atoms with Crippen molar-refractivity contribution in [3.63, 3.8) is 0 Å². The summed E-state index contributed by atoms with van der Waals surface area (Å²) >= 11 is 0. The second-order valence-corrected chi connectivity index (χ2v) is 3.36. The van der Waals surface area contributed by atoms with E-state index in [1.165, 1.54) is 0 Å². The number of likely N-dealkylation sites (tertiary alicyclic amines) is 1. The fourth-order valence-electron chi connectivity index (χ4n) is 1.71. The Bertz CT molecular complexity index is 173. The fourth-order valence-corrected chi connectivity index (χ4v) is 1.71. The summed E-state index contributed by atoms with van der Waals surface area (Å²) in [5, 5.41) is 11.8. The van der Waals surface area contributed by atoms with Gasteiger partial charge in [-0.2, -0.15) is 0 Å². The summed E-state index contributed by atoms with van der Waals surface area (Å²) in [7, 11) is 0. The van der Waals surface area contributed by atoms with Crippen molar-refractivity contribution in [1.82, 2.24) is 10.2 Å². The first-order chi connectivity index (χ1) is 6.29. The lowest BCUT2D eigenvalue weighted by Crippen LogP contribution is -2.50. The number of aliphatic hydroxyl groups excluding tert-OH is 1. The van der Waals surface area contributed by atoms with Crippen LogP contribution in [0.1, 0.15) is 26.2 Å². The minimum atomic E-state index is -0.0405. The molecular formula is C9H18N2O2. The molecule has 1 rings (SSSR count). The minimum absolute atomic E-state index is 0.0281. The van der Waals surface area contributed by atoms with Gasteiger partial charge in [-0.3, -0.25) is 0 Å². The standard InChI is InChI=1S/C9H18N2O2/c1-2-10-9(13)11-6-4-3-5-8(11)7-12/h8,12H,2-7H2,1H3,(H,10,13)/t8-/m0/s1. The summed E-state index contributed by atoms with van der Waals surface area (Å²) in [6.07, 6.45) is 3.09. The average molecular weight is 186 g/mol. The van der Waals surface area contributed by atoms with E-state index in [9.17, 15) is 4.79 Å². The van der Waals surface area contributed by atoms with E-state index < -0.39 is 0 Å². The van der Waals surface area contributed by atoms with Crippen LogP contribution in [0.4, 0.5) is 4.79 Å². The lowest BCUT2D eigenvalue weighted by atomic mass is 10.0. The van der Waals surface area contributed by atoms with Gasteiger partial charge in [0.25, 0.3) is 0 Å². The molecule has 0 spiro atoms. The van der Waals surface area contributed by atoms with Crippen molar-refractivity contribution in [2.24, 2.45) is 0 Å². The highest BCUT2D eigenvalue weighted by Gasteiger charge is 2.25. The molecule has 0 aromatic carbocycles. The molecule has 76 valence electrons. The Kier molecular flexibility index (Phi) is 4.02. The van der Waals surface area contributed by atoms with Gasteiger partial charge in [-0.1, -0.05) is 0 Å². The van der Waals surface area contributed by atoms with Crippen molar-refractivity contribution in [2.75, 3.05) is 19.7 Å². The molecule has 1 heterocycles. The van der Waals surface area contributed by atoms with E-state index in [0.717, 1.165) is 25.8 Å². The lowest BCUT2D eigenvalue weighted by molar-refractivity contribution is 0.108. The number of carbonyl (C=O) groups excluding carboxylic acids is 1. The summed E-state index contributed by atoms with van der Waals surface area (Å²) in [6, 6.07) is -0.0125. The summed E-state index contributed by atoms with van der Waals surface area (Å²) < 4.78 is 0. The van der Waals surface area contributed by atoms with Crippen LogP contribution in [0.25, 0.3) is 0 Å². The molecule has 4 nitrogen and oxygen atoms in total. The second-order valence-electron chi connectivity index (χ2n) is 3.36. The molecule has 1 atom stereocenters. The zero-order chi connectivity index (χ0) is 9.68. The first-order valence-corrected chi connectivity index (χ1v) is 4.95. The number of nitrogens with zero attached hydrogens (tertiary/aromatic N) is 1. The van der Waals surface area contributed by atoms with Crippen LogP contribution in [-0.4, -0.2) is 41.8 Å². The third-order valence-corrected chi connectivity index (χ3v) is 2.43. The number of rotatable bonds is 2. The molecule has 0 bridgehead atoms. The molecule has 1 saturated heterocycles. The van der Waals surface area contributed by atoms with Crippen LogP contribution in [0.2, 0.25) is 0 Å². The molecule has 0 aromatic heterocycles. The van der Waals surface area contributed by atoms with Crippen molar-refractivity contribution in [3.8, 4) is 0 Å². The molecule has 1 aliphatic rings. The van der Waals surface area contributed by atoms with Crippen LogP contribution in [0, 0.1) is 0 Å². The predicted octanol–water partition coefficient (Wildman–Crippen LogP) is 0.563. The van der Waals surface area contributed by atoms with Crippen LogP contribution in [0.15, 0.2) is 0 Å². The largest absolute Gasteiger partial charge is 0.394 e. The average Bonchev–Trinajstić information content (AvgIpc) is 2.18. The molecule has 0 aromatic rings. The number of hydrogen-bond donors (Lipinski definition) is 2. The maximum atomic E-state index is 11.5. The lowest BCUT2D eigenvalue weighted by Gasteiger charge is -2.34. The van der Waals surface area contributed by atoms with E-state index >= 15 is 0 Å². The van der Waals surface area contributed by atoms with Crippen molar-refractivity contribution in [1.29, 1.82) is 0 Å². The number of urea groups is 1. The van der Waals surface area contributed by atoms with Gasteiger partial charge in [0.1, 0.15) is 0 Å². The molecule has 4 heteroatoms. The maximum absolute atomic E-state index is 11.5. The molecule has 0 aliphatic carbocycles. The Balaban J connectivity index is 2.48.